The molecule has 2 saturated heterocycles. The Morgan fingerprint density at radius 1 is 1.17 bits per heavy atom. The molecule has 2 aliphatic heterocycles. The molecule has 1 aromatic carbocycles. The third kappa shape index (κ3) is 5.18. The molecule has 0 bridgehead atoms. The lowest BCUT2D eigenvalue weighted by Gasteiger charge is -2.32. The third-order valence-corrected chi connectivity index (χ3v) is 4.59. The number of aliphatic hydroxyl groups is 1. The van der Waals surface area contributed by atoms with Gasteiger partial charge in [0.25, 0.3) is 0 Å². The summed E-state index contributed by atoms with van der Waals surface area (Å²) < 4.78 is 16.6. The fraction of sp³-hybridized carbons (Fsp3) is 0.667. The van der Waals surface area contributed by atoms with Crippen molar-refractivity contribution in [1.29, 1.82) is 0 Å². The van der Waals surface area contributed by atoms with Gasteiger partial charge in [-0.05, 0) is 30.5 Å². The molecule has 1 aromatic rings. The molecule has 0 aliphatic carbocycles. The van der Waals surface area contributed by atoms with Crippen LogP contribution in [0.25, 0.3) is 0 Å². The van der Waals surface area contributed by atoms with Gasteiger partial charge >= 0.3 is 0 Å². The largest absolute Gasteiger partial charge is 0.491 e. The van der Waals surface area contributed by atoms with Crippen LogP contribution in [-0.2, 0) is 16.0 Å². The molecule has 0 radical (unpaired) electrons. The second-order valence-corrected chi connectivity index (χ2v) is 6.53. The molecular weight excluding hydrogens is 294 g/mol. The maximum atomic E-state index is 10.4. The average Bonchev–Trinajstić information content (AvgIpc) is 3.08. The molecule has 0 spiro atoms. The topological polar surface area (TPSA) is 60.0 Å². The van der Waals surface area contributed by atoms with Gasteiger partial charge in [0, 0.05) is 45.8 Å². The van der Waals surface area contributed by atoms with E-state index in [1.807, 2.05) is 12.1 Å². The van der Waals surface area contributed by atoms with Crippen molar-refractivity contribution in [2.24, 2.45) is 0 Å². The smallest absolute Gasteiger partial charge is 0.119 e. The van der Waals surface area contributed by atoms with Crippen molar-refractivity contribution in [3.05, 3.63) is 29.8 Å². The zero-order valence-corrected chi connectivity index (χ0v) is 13.6. The van der Waals surface area contributed by atoms with Crippen LogP contribution >= 0.6 is 0 Å². The first-order chi connectivity index (χ1) is 11.2. The lowest BCUT2D eigenvalue weighted by molar-refractivity contribution is -0.0617. The highest BCUT2D eigenvalue weighted by Gasteiger charge is 2.29. The summed E-state index contributed by atoms with van der Waals surface area (Å²) in [5.74, 6) is 0.882. The van der Waals surface area contributed by atoms with E-state index in [0.29, 0.717) is 39.2 Å². The Bertz CT molecular complexity index is 464. The molecule has 128 valence electrons. The van der Waals surface area contributed by atoms with Gasteiger partial charge in [-0.2, -0.15) is 0 Å². The molecule has 0 amide bonds. The highest BCUT2D eigenvalue weighted by Crippen LogP contribution is 2.20. The van der Waals surface area contributed by atoms with Crippen molar-refractivity contribution in [1.82, 2.24) is 5.32 Å². The molecule has 2 N–H and O–H groups in total. The number of hydrogen-bond donors (Lipinski definition) is 2. The summed E-state index contributed by atoms with van der Waals surface area (Å²) in [5.41, 5.74) is 0.563. The summed E-state index contributed by atoms with van der Waals surface area (Å²) in [4.78, 5) is 0. The predicted molar refractivity (Wildman–Crippen MR) is 87.6 cm³/mol. The molecule has 5 nitrogen and oxygen atoms in total. The van der Waals surface area contributed by atoms with Gasteiger partial charge in [0.05, 0.1) is 11.7 Å². The monoisotopic (exact) mass is 321 g/mol. The van der Waals surface area contributed by atoms with Crippen LogP contribution in [0.5, 0.6) is 5.75 Å². The van der Waals surface area contributed by atoms with E-state index in [1.54, 1.807) is 0 Å². The van der Waals surface area contributed by atoms with Crippen molar-refractivity contribution < 1.29 is 19.3 Å². The fourth-order valence-corrected chi connectivity index (χ4v) is 3.04. The standard InChI is InChI=1S/C18H27NO4/c20-18(7-10-21-11-8-18)14-19-12-15-3-5-16(6-4-15)23-13-17-2-1-9-22-17/h3-6,17,19-20H,1-2,7-14H2/t17-/m1/s1. The maximum absolute atomic E-state index is 10.4. The normalized spacial score (nSPS) is 23.8. The zero-order valence-electron chi connectivity index (χ0n) is 13.6. The first kappa shape index (κ1) is 16.7. The number of rotatable bonds is 7. The summed E-state index contributed by atoms with van der Waals surface area (Å²) >= 11 is 0. The quantitative estimate of drug-likeness (QED) is 0.803. The summed E-state index contributed by atoms with van der Waals surface area (Å²) in [7, 11) is 0. The van der Waals surface area contributed by atoms with Crippen LogP contribution in [0.2, 0.25) is 0 Å². The van der Waals surface area contributed by atoms with Crippen molar-refractivity contribution in [2.45, 2.75) is 43.9 Å². The van der Waals surface area contributed by atoms with Crippen molar-refractivity contribution in [3.8, 4) is 5.75 Å². The highest BCUT2D eigenvalue weighted by molar-refractivity contribution is 5.27. The van der Waals surface area contributed by atoms with E-state index in [0.717, 1.165) is 31.7 Å². The number of ether oxygens (including phenoxy) is 3. The van der Waals surface area contributed by atoms with E-state index in [9.17, 15) is 5.11 Å². The van der Waals surface area contributed by atoms with Crippen LogP contribution in [0.3, 0.4) is 0 Å². The van der Waals surface area contributed by atoms with E-state index >= 15 is 0 Å². The summed E-state index contributed by atoms with van der Waals surface area (Å²) in [6.45, 7) is 4.14. The molecular formula is C18H27NO4. The van der Waals surface area contributed by atoms with Crippen LogP contribution in [0.15, 0.2) is 24.3 Å². The van der Waals surface area contributed by atoms with E-state index in [2.05, 4.69) is 17.4 Å². The Balaban J connectivity index is 1.38. The third-order valence-electron chi connectivity index (χ3n) is 4.59. The van der Waals surface area contributed by atoms with E-state index in [1.165, 1.54) is 5.56 Å². The van der Waals surface area contributed by atoms with Crippen molar-refractivity contribution >= 4 is 0 Å². The van der Waals surface area contributed by atoms with Crippen molar-refractivity contribution in [3.63, 3.8) is 0 Å². The average molecular weight is 321 g/mol. The molecule has 1 atom stereocenters. The van der Waals surface area contributed by atoms with Gasteiger partial charge < -0.3 is 24.6 Å². The first-order valence-electron chi connectivity index (χ1n) is 8.58. The van der Waals surface area contributed by atoms with Gasteiger partial charge in [-0.3, -0.25) is 0 Å². The van der Waals surface area contributed by atoms with Gasteiger partial charge in [0.1, 0.15) is 12.4 Å². The Hall–Kier alpha value is -1.14. The van der Waals surface area contributed by atoms with E-state index in [-0.39, 0.29) is 6.10 Å². The fourth-order valence-electron chi connectivity index (χ4n) is 3.04. The van der Waals surface area contributed by atoms with Crippen LogP contribution in [0.4, 0.5) is 0 Å². The van der Waals surface area contributed by atoms with Gasteiger partial charge in [0.2, 0.25) is 0 Å². The summed E-state index contributed by atoms with van der Waals surface area (Å²) in [6.07, 6.45) is 3.88. The molecule has 0 unspecified atom stereocenters. The minimum Gasteiger partial charge on any atom is -0.491 e. The van der Waals surface area contributed by atoms with Crippen LogP contribution in [-0.4, -0.2) is 49.8 Å². The highest BCUT2D eigenvalue weighted by atomic mass is 16.5. The SMILES string of the molecule is OC1(CNCc2ccc(OC[C@H]3CCCO3)cc2)CCOCC1. The first-order valence-corrected chi connectivity index (χ1v) is 8.58. The van der Waals surface area contributed by atoms with Crippen LogP contribution < -0.4 is 10.1 Å². The Labute approximate surface area is 137 Å². The molecule has 3 rings (SSSR count). The van der Waals surface area contributed by atoms with Crippen LogP contribution in [0.1, 0.15) is 31.2 Å². The predicted octanol–water partition coefficient (Wildman–Crippen LogP) is 1.88. The molecule has 0 saturated carbocycles. The Morgan fingerprint density at radius 2 is 1.96 bits per heavy atom. The van der Waals surface area contributed by atoms with E-state index in [4.69, 9.17) is 14.2 Å². The van der Waals surface area contributed by atoms with Gasteiger partial charge in [0.15, 0.2) is 0 Å². The minimum atomic E-state index is -0.622. The molecule has 23 heavy (non-hydrogen) atoms. The molecule has 0 aromatic heterocycles. The van der Waals surface area contributed by atoms with Gasteiger partial charge in [-0.15, -0.1) is 0 Å². The molecule has 2 heterocycles. The number of nitrogens with one attached hydrogen (secondary N) is 1. The Morgan fingerprint density at radius 3 is 2.65 bits per heavy atom. The maximum Gasteiger partial charge on any atom is 0.119 e. The Kier molecular flexibility index (Phi) is 5.89. The second kappa shape index (κ2) is 8.11. The summed E-state index contributed by atoms with van der Waals surface area (Å²) in [6, 6.07) is 8.11. The lowest BCUT2D eigenvalue weighted by Crippen LogP contribution is -2.44. The summed E-state index contributed by atoms with van der Waals surface area (Å²) in [5, 5.41) is 13.7. The zero-order chi connectivity index (χ0) is 16.0. The number of hydrogen-bond acceptors (Lipinski definition) is 5. The molecule has 2 aliphatic rings. The molecule has 5 heteroatoms. The van der Waals surface area contributed by atoms with E-state index < -0.39 is 5.60 Å². The second-order valence-electron chi connectivity index (χ2n) is 6.53. The van der Waals surface area contributed by atoms with Gasteiger partial charge in [-0.25, -0.2) is 0 Å². The molecule has 2 fully saturated rings. The van der Waals surface area contributed by atoms with Crippen LogP contribution in [0, 0.1) is 0 Å². The minimum absolute atomic E-state index is 0.247. The number of benzene rings is 1. The lowest BCUT2D eigenvalue weighted by atomic mass is 9.94. The van der Waals surface area contributed by atoms with Crippen molar-refractivity contribution in [2.75, 3.05) is 33.0 Å². The van der Waals surface area contributed by atoms with Gasteiger partial charge in [-0.1, -0.05) is 12.1 Å².